The van der Waals surface area contributed by atoms with Gasteiger partial charge in [0.05, 0.1) is 3.79 Å². The van der Waals surface area contributed by atoms with Crippen molar-refractivity contribution in [3.05, 3.63) is 20.8 Å². The van der Waals surface area contributed by atoms with Crippen molar-refractivity contribution in [1.82, 2.24) is 4.90 Å². The van der Waals surface area contributed by atoms with Gasteiger partial charge in [-0.15, -0.1) is 11.3 Å². The zero-order chi connectivity index (χ0) is 13.2. The summed E-state index contributed by atoms with van der Waals surface area (Å²) in [4.78, 5) is 24.4. The monoisotopic (exact) mass is 319 g/mol. The molecular formula is C11H14BrNO3S. The molecule has 0 saturated heterocycles. The van der Waals surface area contributed by atoms with Gasteiger partial charge >= 0.3 is 5.97 Å². The zero-order valence-electron chi connectivity index (χ0n) is 9.86. The summed E-state index contributed by atoms with van der Waals surface area (Å²) in [6.45, 7) is 3.24. The van der Waals surface area contributed by atoms with Crippen LogP contribution in [0.4, 0.5) is 0 Å². The molecule has 6 heteroatoms. The van der Waals surface area contributed by atoms with E-state index >= 15 is 0 Å². The Morgan fingerprint density at radius 1 is 1.53 bits per heavy atom. The van der Waals surface area contributed by atoms with Gasteiger partial charge in [-0.3, -0.25) is 9.59 Å². The van der Waals surface area contributed by atoms with E-state index in [1.807, 2.05) is 11.4 Å². The Kier molecular flexibility index (Phi) is 4.32. The van der Waals surface area contributed by atoms with Crippen molar-refractivity contribution in [2.75, 3.05) is 7.05 Å². The van der Waals surface area contributed by atoms with Gasteiger partial charge in [-0.25, -0.2) is 0 Å². The van der Waals surface area contributed by atoms with Gasteiger partial charge < -0.3 is 10.0 Å². The highest BCUT2D eigenvalue weighted by Crippen LogP contribution is 2.24. The molecule has 0 radical (unpaired) electrons. The topological polar surface area (TPSA) is 57.6 Å². The number of halogens is 1. The average Bonchev–Trinajstić information content (AvgIpc) is 2.62. The lowest BCUT2D eigenvalue weighted by atomic mass is 9.92. The number of carbonyl (C=O) groups is 2. The lowest BCUT2D eigenvalue weighted by Crippen LogP contribution is -2.42. The number of aliphatic carboxylic acids is 1. The van der Waals surface area contributed by atoms with Crippen molar-refractivity contribution in [1.29, 1.82) is 0 Å². The van der Waals surface area contributed by atoms with E-state index in [4.69, 9.17) is 5.11 Å². The van der Waals surface area contributed by atoms with Crippen LogP contribution in [0.15, 0.2) is 15.2 Å². The highest BCUT2D eigenvalue weighted by molar-refractivity contribution is 9.11. The molecular weight excluding hydrogens is 306 g/mol. The van der Waals surface area contributed by atoms with E-state index in [0.29, 0.717) is 6.54 Å². The first-order valence-corrected chi connectivity index (χ1v) is 6.64. The molecule has 0 unspecified atom stereocenters. The minimum absolute atomic E-state index is 0.396. The van der Waals surface area contributed by atoms with Crippen molar-refractivity contribution in [2.24, 2.45) is 5.41 Å². The Balaban J connectivity index is 2.74. The Hall–Kier alpha value is -0.880. The first-order chi connectivity index (χ1) is 7.75. The van der Waals surface area contributed by atoms with Crippen LogP contribution in [0.1, 0.15) is 19.4 Å². The van der Waals surface area contributed by atoms with Crippen LogP contribution in [-0.2, 0) is 16.1 Å². The number of hydrogen-bond donors (Lipinski definition) is 1. The highest BCUT2D eigenvalue weighted by atomic mass is 79.9. The van der Waals surface area contributed by atoms with Gasteiger partial charge in [0.25, 0.3) is 0 Å². The molecule has 1 aromatic rings. The van der Waals surface area contributed by atoms with E-state index < -0.39 is 17.3 Å². The maximum Gasteiger partial charge on any atom is 0.318 e. The molecule has 4 nitrogen and oxygen atoms in total. The van der Waals surface area contributed by atoms with Gasteiger partial charge in [0.15, 0.2) is 0 Å². The Morgan fingerprint density at radius 3 is 2.53 bits per heavy atom. The molecule has 0 spiro atoms. The van der Waals surface area contributed by atoms with Crippen LogP contribution >= 0.6 is 27.3 Å². The molecule has 0 bridgehead atoms. The summed E-state index contributed by atoms with van der Waals surface area (Å²) in [6, 6.07) is 1.92. The zero-order valence-corrected chi connectivity index (χ0v) is 12.3. The van der Waals surface area contributed by atoms with Crippen LogP contribution in [0.3, 0.4) is 0 Å². The standard InChI is InChI=1S/C11H14BrNO3S/c1-11(2,10(15)16)9(14)13(3)5-7-4-8(12)17-6-7/h4,6H,5H2,1-3H3,(H,15,16). The van der Waals surface area contributed by atoms with Crippen LogP contribution in [0.25, 0.3) is 0 Å². The maximum absolute atomic E-state index is 12.0. The first-order valence-electron chi connectivity index (χ1n) is 4.97. The molecule has 1 amide bonds. The summed E-state index contributed by atoms with van der Waals surface area (Å²) in [5.74, 6) is -1.51. The number of nitrogens with zero attached hydrogens (tertiary/aromatic N) is 1. The summed E-state index contributed by atoms with van der Waals surface area (Å²) in [5.41, 5.74) is -0.402. The molecule has 0 saturated carbocycles. The number of carboxylic acids is 1. The summed E-state index contributed by atoms with van der Waals surface area (Å²) < 4.78 is 0.992. The molecule has 17 heavy (non-hydrogen) atoms. The Labute approximate surface area is 112 Å². The Morgan fingerprint density at radius 2 is 2.12 bits per heavy atom. The lowest BCUT2D eigenvalue weighted by molar-refractivity contribution is -0.157. The molecule has 94 valence electrons. The average molecular weight is 320 g/mol. The number of carboxylic acid groups (broad SMARTS) is 1. The smallest absolute Gasteiger partial charge is 0.318 e. The van der Waals surface area contributed by atoms with E-state index in [0.717, 1.165) is 9.35 Å². The fraction of sp³-hybridized carbons (Fsp3) is 0.455. The van der Waals surface area contributed by atoms with Crippen molar-refractivity contribution in [3.8, 4) is 0 Å². The number of rotatable bonds is 4. The van der Waals surface area contributed by atoms with Crippen LogP contribution < -0.4 is 0 Å². The minimum atomic E-state index is -1.39. The number of hydrogen-bond acceptors (Lipinski definition) is 3. The molecule has 1 rings (SSSR count). The van der Waals surface area contributed by atoms with Crippen molar-refractivity contribution >= 4 is 39.1 Å². The molecule has 0 aliphatic rings. The SMILES string of the molecule is CN(Cc1csc(Br)c1)C(=O)C(C)(C)C(=O)O. The second-order valence-corrected chi connectivity index (χ2v) is 6.64. The third-order valence-electron chi connectivity index (χ3n) is 2.46. The predicted octanol–water partition coefficient (Wildman–Crippen LogP) is 2.58. The molecule has 0 aliphatic heterocycles. The molecule has 0 aromatic carbocycles. The van der Waals surface area contributed by atoms with Gasteiger partial charge in [0.2, 0.25) is 5.91 Å². The predicted molar refractivity (Wildman–Crippen MR) is 69.9 cm³/mol. The molecule has 0 aliphatic carbocycles. The van der Waals surface area contributed by atoms with Gasteiger partial charge in [0.1, 0.15) is 5.41 Å². The minimum Gasteiger partial charge on any atom is -0.480 e. The quantitative estimate of drug-likeness (QED) is 0.868. The fourth-order valence-electron chi connectivity index (χ4n) is 1.34. The maximum atomic E-state index is 12.0. The molecule has 1 N–H and O–H groups in total. The van der Waals surface area contributed by atoms with Gasteiger partial charge in [0, 0.05) is 13.6 Å². The number of carbonyl (C=O) groups excluding carboxylic acids is 1. The van der Waals surface area contributed by atoms with Crippen molar-refractivity contribution < 1.29 is 14.7 Å². The molecule has 1 heterocycles. The second kappa shape index (κ2) is 5.18. The summed E-state index contributed by atoms with van der Waals surface area (Å²) in [5, 5.41) is 10.9. The van der Waals surface area contributed by atoms with Crippen LogP contribution in [0, 0.1) is 5.41 Å². The fourth-order valence-corrected chi connectivity index (χ4v) is 2.54. The van der Waals surface area contributed by atoms with Gasteiger partial charge in [-0.2, -0.15) is 0 Å². The normalized spacial score (nSPS) is 11.3. The van der Waals surface area contributed by atoms with E-state index in [9.17, 15) is 9.59 Å². The third kappa shape index (κ3) is 3.29. The van der Waals surface area contributed by atoms with E-state index in [1.165, 1.54) is 30.1 Å². The summed E-state index contributed by atoms with van der Waals surface area (Å²) in [7, 11) is 1.61. The number of amides is 1. The first kappa shape index (κ1) is 14.2. The molecule has 1 aromatic heterocycles. The van der Waals surface area contributed by atoms with E-state index in [2.05, 4.69) is 15.9 Å². The largest absolute Gasteiger partial charge is 0.480 e. The van der Waals surface area contributed by atoms with Crippen LogP contribution in [0.2, 0.25) is 0 Å². The lowest BCUT2D eigenvalue weighted by Gasteiger charge is -2.25. The van der Waals surface area contributed by atoms with Gasteiger partial charge in [-0.05, 0) is 46.8 Å². The molecule has 0 fully saturated rings. The number of thiophene rings is 1. The van der Waals surface area contributed by atoms with Crippen molar-refractivity contribution in [3.63, 3.8) is 0 Å². The Bertz CT molecular complexity index is 442. The van der Waals surface area contributed by atoms with E-state index in [1.54, 1.807) is 7.05 Å². The summed E-state index contributed by atoms with van der Waals surface area (Å²) >= 11 is 4.88. The third-order valence-corrected chi connectivity index (χ3v) is 4.01. The molecule has 0 atom stereocenters. The van der Waals surface area contributed by atoms with Crippen LogP contribution in [0.5, 0.6) is 0 Å². The van der Waals surface area contributed by atoms with Crippen LogP contribution in [-0.4, -0.2) is 28.9 Å². The highest BCUT2D eigenvalue weighted by Gasteiger charge is 2.38. The van der Waals surface area contributed by atoms with E-state index in [-0.39, 0.29) is 0 Å². The van der Waals surface area contributed by atoms with Crippen molar-refractivity contribution in [2.45, 2.75) is 20.4 Å². The second-order valence-electron chi connectivity index (χ2n) is 4.35. The summed E-state index contributed by atoms with van der Waals surface area (Å²) in [6.07, 6.45) is 0. The van der Waals surface area contributed by atoms with Gasteiger partial charge in [-0.1, -0.05) is 0 Å².